The molecule has 7 heteroatoms. The summed E-state index contributed by atoms with van der Waals surface area (Å²) in [4.78, 5) is 9.42. The third kappa shape index (κ3) is 4.75. The van der Waals surface area contributed by atoms with Crippen molar-refractivity contribution < 1.29 is 4.39 Å². The van der Waals surface area contributed by atoms with Gasteiger partial charge in [0, 0.05) is 60.9 Å². The average molecular weight is 454 g/mol. The fourth-order valence-electron chi connectivity index (χ4n) is 4.13. The Morgan fingerprint density at radius 1 is 1.06 bits per heavy atom. The summed E-state index contributed by atoms with van der Waals surface area (Å²) >= 11 is 6.55. The normalized spacial score (nSPS) is 14.2. The summed E-state index contributed by atoms with van der Waals surface area (Å²) in [7, 11) is 0. The van der Waals surface area contributed by atoms with Crippen molar-refractivity contribution in [3.63, 3.8) is 0 Å². The van der Waals surface area contributed by atoms with Crippen LogP contribution in [0.1, 0.15) is 24.8 Å². The second-order valence-corrected chi connectivity index (χ2v) is 8.61. The van der Waals surface area contributed by atoms with Gasteiger partial charge in [0.05, 0.1) is 22.9 Å². The molecule has 5 nitrogen and oxygen atoms in total. The molecule has 1 saturated heterocycles. The van der Waals surface area contributed by atoms with Gasteiger partial charge in [0.1, 0.15) is 0 Å². The lowest BCUT2D eigenvalue weighted by Gasteiger charge is -2.39. The van der Waals surface area contributed by atoms with Gasteiger partial charge in [-0.1, -0.05) is 36.9 Å². The lowest BCUT2D eigenvalue weighted by atomic mass is 10.1. The molecule has 0 saturated carbocycles. The van der Waals surface area contributed by atoms with E-state index in [1.165, 1.54) is 4.68 Å². The molecule has 4 rings (SSSR count). The Hall–Kier alpha value is -2.99. The fraction of sp³-hybridized carbons (Fsp3) is 0.320. The van der Waals surface area contributed by atoms with Crippen LogP contribution in [0.5, 0.6) is 0 Å². The van der Waals surface area contributed by atoms with Crippen molar-refractivity contribution in [1.29, 1.82) is 0 Å². The Bertz CT molecular complexity index is 1130. The number of nitrogens with zero attached hydrogens (tertiary/aromatic N) is 4. The summed E-state index contributed by atoms with van der Waals surface area (Å²) < 4.78 is 13.8. The van der Waals surface area contributed by atoms with Gasteiger partial charge in [-0.2, -0.15) is 0 Å². The molecule has 2 aromatic heterocycles. The van der Waals surface area contributed by atoms with Gasteiger partial charge < -0.3 is 15.6 Å². The summed E-state index contributed by atoms with van der Waals surface area (Å²) in [5, 5.41) is 1.57. The van der Waals surface area contributed by atoms with Crippen LogP contribution in [0.4, 0.5) is 4.39 Å². The molecule has 0 amide bonds. The number of nitrogens with two attached hydrogens (primary N) is 1. The number of allylic oxidation sites excluding steroid dienone is 1. The zero-order valence-corrected chi connectivity index (χ0v) is 19.0. The highest BCUT2D eigenvalue weighted by molar-refractivity contribution is 6.35. The van der Waals surface area contributed by atoms with Crippen LogP contribution >= 0.6 is 11.6 Å². The maximum Gasteiger partial charge on any atom is 0.0894 e. The molecule has 1 fully saturated rings. The lowest BCUT2D eigenvalue weighted by Crippen LogP contribution is -2.44. The van der Waals surface area contributed by atoms with E-state index in [1.54, 1.807) is 6.20 Å². The number of unbranched alkanes of at least 4 members (excludes halogenated alkanes) is 1. The molecule has 0 atom stereocenters. The van der Waals surface area contributed by atoms with Crippen molar-refractivity contribution in [1.82, 2.24) is 19.5 Å². The number of aromatic nitrogens is 2. The van der Waals surface area contributed by atoms with E-state index in [-0.39, 0.29) is 6.67 Å². The number of nitrogen functional groups attached to an aromatic ring is 1. The van der Waals surface area contributed by atoms with Crippen molar-refractivity contribution in [3.05, 3.63) is 72.2 Å². The number of benzene rings is 1. The first-order valence-electron chi connectivity index (χ1n) is 10.9. The smallest absolute Gasteiger partial charge is 0.0894 e. The molecule has 1 aliphatic heterocycles. The molecule has 32 heavy (non-hydrogen) atoms. The average Bonchev–Trinajstić information content (AvgIpc) is 3.24. The number of pyridine rings is 1. The number of fused-ring (bicyclic) bond motifs is 1. The van der Waals surface area contributed by atoms with Gasteiger partial charge in [0.15, 0.2) is 0 Å². The number of hydrogen-bond acceptors (Lipinski definition) is 4. The zero-order valence-electron chi connectivity index (χ0n) is 18.2. The molecule has 3 aromatic rings. The molecule has 0 unspecified atom stereocenters. The summed E-state index contributed by atoms with van der Waals surface area (Å²) in [6.45, 7) is 11.8. The van der Waals surface area contributed by atoms with E-state index in [9.17, 15) is 4.39 Å². The van der Waals surface area contributed by atoms with Gasteiger partial charge in [-0.25, -0.2) is 4.98 Å². The molecule has 3 heterocycles. The van der Waals surface area contributed by atoms with Crippen molar-refractivity contribution in [3.8, 4) is 11.3 Å². The molecule has 2 N–H and O–H groups in total. The minimum Gasteiger partial charge on any atom is -0.372 e. The molecule has 0 bridgehead atoms. The highest BCUT2D eigenvalue weighted by Gasteiger charge is 2.20. The minimum absolute atomic E-state index is 0.256. The maximum atomic E-state index is 12.3. The molecule has 0 aliphatic carbocycles. The third-order valence-corrected chi connectivity index (χ3v) is 6.37. The van der Waals surface area contributed by atoms with Crippen LogP contribution < -0.4 is 5.84 Å². The van der Waals surface area contributed by atoms with Crippen LogP contribution in [0.2, 0.25) is 5.02 Å². The summed E-state index contributed by atoms with van der Waals surface area (Å²) in [6.07, 6.45) is 5.92. The van der Waals surface area contributed by atoms with Crippen molar-refractivity contribution in [2.75, 3.05) is 38.7 Å². The van der Waals surface area contributed by atoms with Crippen LogP contribution in [0.25, 0.3) is 27.9 Å². The highest BCUT2D eigenvalue weighted by atomic mass is 35.5. The molecular weight excluding hydrogens is 425 g/mol. The van der Waals surface area contributed by atoms with E-state index >= 15 is 0 Å². The first kappa shape index (κ1) is 22.2. The number of piperazine rings is 1. The summed E-state index contributed by atoms with van der Waals surface area (Å²) in [5.41, 5.74) is 5.65. The predicted octanol–water partition coefficient (Wildman–Crippen LogP) is 5.31. The molecule has 1 aromatic carbocycles. The Morgan fingerprint density at radius 3 is 2.50 bits per heavy atom. The van der Waals surface area contributed by atoms with Crippen LogP contribution in [0.3, 0.4) is 0 Å². The van der Waals surface area contributed by atoms with E-state index in [1.807, 2.05) is 24.4 Å². The second kappa shape index (κ2) is 9.65. The molecule has 0 spiro atoms. The van der Waals surface area contributed by atoms with Crippen molar-refractivity contribution in [2.45, 2.75) is 19.3 Å². The maximum absolute atomic E-state index is 12.3. The van der Waals surface area contributed by atoms with E-state index in [4.69, 9.17) is 22.4 Å². The first-order chi connectivity index (χ1) is 15.5. The number of rotatable bonds is 8. The van der Waals surface area contributed by atoms with Crippen molar-refractivity contribution >= 4 is 28.2 Å². The number of hydrogen-bond donors (Lipinski definition) is 1. The second-order valence-electron chi connectivity index (χ2n) is 8.20. The lowest BCUT2D eigenvalue weighted by molar-refractivity contribution is 0.208. The number of alkyl halides is 1. The van der Waals surface area contributed by atoms with Gasteiger partial charge in [0.2, 0.25) is 0 Å². The minimum atomic E-state index is -0.256. The van der Waals surface area contributed by atoms with Gasteiger partial charge in [-0.15, -0.1) is 0 Å². The molecular formula is C25H29ClFN5. The molecule has 0 radical (unpaired) electrons. The van der Waals surface area contributed by atoms with E-state index in [2.05, 4.69) is 35.1 Å². The molecule has 168 valence electrons. The highest BCUT2D eigenvalue weighted by Crippen LogP contribution is 2.31. The van der Waals surface area contributed by atoms with Crippen molar-refractivity contribution in [2.24, 2.45) is 0 Å². The zero-order chi connectivity index (χ0) is 22.7. The number of halogens is 2. The van der Waals surface area contributed by atoms with Crippen LogP contribution in [0, 0.1) is 0 Å². The van der Waals surface area contributed by atoms with Gasteiger partial charge in [0.25, 0.3) is 0 Å². The standard InChI is InChI=1S/C25H29ClFN5/c1-18(5-3-4-9-27)30-11-13-31(14-12-30)19(2)20-6-7-22-23(26)16-24(29-25(22)15-20)21-8-10-32(28)17-21/h6-8,10,15-17H,1-5,9,11-14,28H2. The third-order valence-electron chi connectivity index (χ3n) is 6.06. The first-order valence-corrected chi connectivity index (χ1v) is 11.3. The monoisotopic (exact) mass is 453 g/mol. The van der Waals surface area contributed by atoms with Gasteiger partial charge in [-0.3, -0.25) is 9.07 Å². The summed E-state index contributed by atoms with van der Waals surface area (Å²) in [6, 6.07) is 9.89. The largest absolute Gasteiger partial charge is 0.372 e. The Balaban J connectivity index is 1.47. The van der Waals surface area contributed by atoms with E-state index in [0.29, 0.717) is 11.4 Å². The predicted molar refractivity (Wildman–Crippen MR) is 131 cm³/mol. The van der Waals surface area contributed by atoms with E-state index in [0.717, 1.165) is 78.1 Å². The topological polar surface area (TPSA) is 50.3 Å². The SMILES string of the molecule is C=C(CCCCF)N1CCN(C(=C)c2ccc3c(Cl)cc(-c4ccn(N)c4)nc3c2)CC1. The quantitative estimate of drug-likeness (QED) is 0.371. The van der Waals surface area contributed by atoms with Crippen LogP contribution in [-0.2, 0) is 0 Å². The van der Waals surface area contributed by atoms with Crippen LogP contribution in [0.15, 0.2) is 61.6 Å². The van der Waals surface area contributed by atoms with Gasteiger partial charge in [-0.05, 0) is 43.0 Å². The Labute approximate surface area is 193 Å². The Morgan fingerprint density at radius 2 is 1.81 bits per heavy atom. The van der Waals surface area contributed by atoms with Gasteiger partial charge >= 0.3 is 0 Å². The summed E-state index contributed by atoms with van der Waals surface area (Å²) in [5.74, 6) is 5.79. The van der Waals surface area contributed by atoms with Crippen LogP contribution in [-0.4, -0.2) is 52.3 Å². The fourth-order valence-corrected chi connectivity index (χ4v) is 4.40. The van der Waals surface area contributed by atoms with E-state index < -0.39 is 0 Å². The Kier molecular flexibility index (Phi) is 6.70. The molecule has 1 aliphatic rings.